The molecule has 1 heterocycles. The Kier molecular flexibility index (Phi) is 3.07. The number of nitrogen functional groups attached to an aromatic ring is 1. The molecule has 0 bridgehead atoms. The van der Waals surface area contributed by atoms with Crippen molar-refractivity contribution in [2.45, 2.75) is 26.2 Å². The van der Waals surface area contributed by atoms with E-state index in [0.717, 1.165) is 41.8 Å². The van der Waals surface area contributed by atoms with Crippen molar-refractivity contribution in [1.29, 1.82) is 0 Å². The van der Waals surface area contributed by atoms with E-state index in [9.17, 15) is 0 Å². The summed E-state index contributed by atoms with van der Waals surface area (Å²) in [6.45, 7) is 2.62. The van der Waals surface area contributed by atoms with Crippen molar-refractivity contribution >= 4 is 5.82 Å². The maximum atomic E-state index is 6.02. The molecule has 0 saturated heterocycles. The molecule has 2 N–H and O–H groups in total. The highest BCUT2D eigenvalue weighted by atomic mass is 16.5. The molecule has 0 amide bonds. The van der Waals surface area contributed by atoms with Crippen molar-refractivity contribution in [3.05, 3.63) is 35.5 Å². The quantitative estimate of drug-likeness (QED) is 0.915. The lowest BCUT2D eigenvalue weighted by Gasteiger charge is -2.08. The maximum Gasteiger partial charge on any atom is 0.161 e. The topological polar surface area (TPSA) is 61.0 Å². The van der Waals surface area contributed by atoms with Crippen LogP contribution in [0.25, 0.3) is 11.4 Å². The van der Waals surface area contributed by atoms with E-state index in [-0.39, 0.29) is 0 Å². The zero-order valence-electron chi connectivity index (χ0n) is 11.0. The van der Waals surface area contributed by atoms with Crippen LogP contribution in [0.15, 0.2) is 24.3 Å². The molecule has 3 rings (SSSR count). The first-order valence-electron chi connectivity index (χ1n) is 6.66. The summed E-state index contributed by atoms with van der Waals surface area (Å²) in [5, 5.41) is 0. The Morgan fingerprint density at radius 3 is 3.00 bits per heavy atom. The number of fused-ring (bicyclic) bond motifs is 1. The summed E-state index contributed by atoms with van der Waals surface area (Å²) >= 11 is 0. The predicted molar refractivity (Wildman–Crippen MR) is 75.1 cm³/mol. The second-order valence-corrected chi connectivity index (χ2v) is 4.67. The number of anilines is 1. The Hall–Kier alpha value is -2.10. The minimum atomic E-state index is 0.624. The minimum Gasteiger partial charge on any atom is -0.494 e. The predicted octanol–water partition coefficient (Wildman–Crippen LogP) is 2.61. The second kappa shape index (κ2) is 4.88. The molecular formula is C15H17N3O. The smallest absolute Gasteiger partial charge is 0.161 e. The van der Waals surface area contributed by atoms with Gasteiger partial charge < -0.3 is 10.5 Å². The van der Waals surface area contributed by atoms with Gasteiger partial charge in [-0.25, -0.2) is 9.97 Å². The highest BCUT2D eigenvalue weighted by molar-refractivity contribution is 5.61. The molecule has 0 unspecified atom stereocenters. The molecule has 98 valence electrons. The van der Waals surface area contributed by atoms with E-state index in [1.807, 2.05) is 31.2 Å². The summed E-state index contributed by atoms with van der Waals surface area (Å²) in [5.41, 5.74) is 9.21. The third kappa shape index (κ3) is 2.26. The van der Waals surface area contributed by atoms with Gasteiger partial charge >= 0.3 is 0 Å². The van der Waals surface area contributed by atoms with Crippen molar-refractivity contribution in [3.63, 3.8) is 0 Å². The van der Waals surface area contributed by atoms with Crippen LogP contribution in [0.4, 0.5) is 5.82 Å². The van der Waals surface area contributed by atoms with Gasteiger partial charge in [0.05, 0.1) is 6.61 Å². The molecule has 0 radical (unpaired) electrons. The monoisotopic (exact) mass is 255 g/mol. The Morgan fingerprint density at radius 2 is 2.16 bits per heavy atom. The normalized spacial score (nSPS) is 13.3. The summed E-state index contributed by atoms with van der Waals surface area (Å²) in [7, 11) is 0. The molecule has 2 aromatic rings. The van der Waals surface area contributed by atoms with Crippen LogP contribution in [0, 0.1) is 0 Å². The molecule has 0 saturated carbocycles. The third-order valence-corrected chi connectivity index (χ3v) is 3.37. The van der Waals surface area contributed by atoms with Gasteiger partial charge in [-0.2, -0.15) is 0 Å². The van der Waals surface area contributed by atoms with Crippen LogP contribution in [-0.2, 0) is 12.8 Å². The molecule has 0 spiro atoms. The van der Waals surface area contributed by atoms with Crippen molar-refractivity contribution in [2.75, 3.05) is 12.3 Å². The molecule has 1 aromatic carbocycles. The van der Waals surface area contributed by atoms with E-state index in [2.05, 4.69) is 9.97 Å². The number of hydrogen-bond acceptors (Lipinski definition) is 4. The maximum absolute atomic E-state index is 6.02. The zero-order chi connectivity index (χ0) is 13.2. The fourth-order valence-electron chi connectivity index (χ4n) is 2.48. The van der Waals surface area contributed by atoms with Crippen molar-refractivity contribution in [1.82, 2.24) is 9.97 Å². The Bertz CT molecular complexity index is 610. The summed E-state index contributed by atoms with van der Waals surface area (Å²) in [6, 6.07) is 7.83. The molecule has 0 aliphatic heterocycles. The molecule has 0 fully saturated rings. The fraction of sp³-hybridized carbons (Fsp3) is 0.333. The summed E-state index contributed by atoms with van der Waals surface area (Å²) in [4.78, 5) is 9.07. The molecule has 0 atom stereocenters. The first-order valence-corrected chi connectivity index (χ1v) is 6.66. The van der Waals surface area contributed by atoms with Crippen LogP contribution < -0.4 is 10.5 Å². The number of nitrogens with zero attached hydrogens (tertiary/aromatic N) is 2. The van der Waals surface area contributed by atoms with E-state index < -0.39 is 0 Å². The third-order valence-electron chi connectivity index (χ3n) is 3.37. The van der Waals surface area contributed by atoms with Crippen LogP contribution in [-0.4, -0.2) is 16.6 Å². The van der Waals surface area contributed by atoms with Gasteiger partial charge in [-0.3, -0.25) is 0 Å². The van der Waals surface area contributed by atoms with E-state index in [0.29, 0.717) is 18.2 Å². The van der Waals surface area contributed by atoms with Gasteiger partial charge in [-0.1, -0.05) is 12.1 Å². The molecule has 19 heavy (non-hydrogen) atoms. The number of ether oxygens (including phenoxy) is 1. The Morgan fingerprint density at radius 1 is 1.26 bits per heavy atom. The van der Waals surface area contributed by atoms with E-state index in [1.54, 1.807) is 0 Å². The molecular weight excluding hydrogens is 238 g/mol. The average molecular weight is 255 g/mol. The van der Waals surface area contributed by atoms with Gasteiger partial charge in [-0.15, -0.1) is 0 Å². The lowest BCUT2D eigenvalue weighted by molar-refractivity contribution is 0.340. The SMILES string of the molecule is CCOc1cccc(-c2nc(N)c3c(n2)CCC3)c1. The van der Waals surface area contributed by atoms with E-state index in [1.165, 1.54) is 0 Å². The van der Waals surface area contributed by atoms with Gasteiger partial charge in [0.1, 0.15) is 11.6 Å². The van der Waals surface area contributed by atoms with Crippen molar-refractivity contribution in [2.24, 2.45) is 0 Å². The molecule has 1 aliphatic carbocycles. The largest absolute Gasteiger partial charge is 0.494 e. The van der Waals surface area contributed by atoms with Crippen LogP contribution in [0.5, 0.6) is 5.75 Å². The molecule has 1 aliphatic rings. The fourth-order valence-corrected chi connectivity index (χ4v) is 2.48. The first-order chi connectivity index (χ1) is 9.28. The van der Waals surface area contributed by atoms with Gasteiger partial charge in [0.15, 0.2) is 5.82 Å². The van der Waals surface area contributed by atoms with Gasteiger partial charge in [-0.05, 0) is 38.3 Å². The molecule has 4 heteroatoms. The van der Waals surface area contributed by atoms with Gasteiger partial charge in [0, 0.05) is 16.8 Å². The lowest BCUT2D eigenvalue weighted by atomic mass is 10.1. The first kappa shape index (κ1) is 12.0. The highest BCUT2D eigenvalue weighted by Crippen LogP contribution is 2.28. The van der Waals surface area contributed by atoms with E-state index in [4.69, 9.17) is 10.5 Å². The number of aromatic nitrogens is 2. The van der Waals surface area contributed by atoms with E-state index >= 15 is 0 Å². The van der Waals surface area contributed by atoms with Gasteiger partial charge in [0.25, 0.3) is 0 Å². The number of rotatable bonds is 3. The van der Waals surface area contributed by atoms with Crippen LogP contribution in [0.2, 0.25) is 0 Å². The summed E-state index contributed by atoms with van der Waals surface area (Å²) < 4.78 is 5.50. The standard InChI is InChI=1S/C15H17N3O/c1-2-19-11-6-3-5-10(9-11)15-17-13-8-4-7-12(13)14(16)18-15/h3,5-6,9H,2,4,7-8H2,1H3,(H2,16,17,18). The van der Waals surface area contributed by atoms with Crippen LogP contribution in [0.3, 0.4) is 0 Å². The number of aryl methyl sites for hydroxylation is 1. The number of benzene rings is 1. The number of nitrogens with two attached hydrogens (primary N) is 1. The molecule has 4 nitrogen and oxygen atoms in total. The highest BCUT2D eigenvalue weighted by Gasteiger charge is 2.18. The number of hydrogen-bond donors (Lipinski definition) is 1. The van der Waals surface area contributed by atoms with Crippen molar-refractivity contribution < 1.29 is 4.74 Å². The summed E-state index contributed by atoms with van der Waals surface area (Å²) in [5.74, 6) is 2.15. The van der Waals surface area contributed by atoms with Gasteiger partial charge in [0.2, 0.25) is 0 Å². The Labute approximate surface area is 112 Å². The average Bonchev–Trinajstić information content (AvgIpc) is 2.88. The Balaban J connectivity index is 2.02. The second-order valence-electron chi connectivity index (χ2n) is 4.67. The summed E-state index contributed by atoms with van der Waals surface area (Å²) in [6.07, 6.45) is 3.12. The minimum absolute atomic E-state index is 0.624. The molecule has 1 aromatic heterocycles. The zero-order valence-corrected chi connectivity index (χ0v) is 11.0. The van der Waals surface area contributed by atoms with Crippen LogP contribution >= 0.6 is 0 Å². The van der Waals surface area contributed by atoms with Crippen molar-refractivity contribution in [3.8, 4) is 17.1 Å². The van der Waals surface area contributed by atoms with Crippen LogP contribution in [0.1, 0.15) is 24.6 Å². The lowest BCUT2D eigenvalue weighted by Crippen LogP contribution is -2.03.